The van der Waals surface area contributed by atoms with Gasteiger partial charge in [0.1, 0.15) is 0 Å². The standard InChI is InChI=1S/C16H17BrN2O2/c1-12(14-4-6-15(17)7-5-14)18-11-10-13-2-8-16(9-3-13)19(20)21/h2-9,12,18H,10-11H2,1H3. The minimum Gasteiger partial charge on any atom is -0.310 e. The quantitative estimate of drug-likeness (QED) is 0.627. The van der Waals surface area contributed by atoms with Crippen molar-refractivity contribution in [3.05, 3.63) is 74.2 Å². The summed E-state index contributed by atoms with van der Waals surface area (Å²) in [5.74, 6) is 0. The molecular weight excluding hydrogens is 332 g/mol. The van der Waals surface area contributed by atoms with Crippen LogP contribution in [0.5, 0.6) is 0 Å². The van der Waals surface area contributed by atoms with E-state index in [1.165, 1.54) is 5.56 Å². The molecular formula is C16H17BrN2O2. The molecule has 0 radical (unpaired) electrons. The molecule has 21 heavy (non-hydrogen) atoms. The number of non-ortho nitro benzene ring substituents is 1. The second-order valence-corrected chi connectivity index (χ2v) is 5.82. The molecule has 0 spiro atoms. The molecule has 2 aromatic rings. The average molecular weight is 349 g/mol. The largest absolute Gasteiger partial charge is 0.310 e. The maximum atomic E-state index is 10.6. The van der Waals surface area contributed by atoms with E-state index in [1.807, 2.05) is 24.3 Å². The molecule has 0 saturated heterocycles. The van der Waals surface area contributed by atoms with Crippen LogP contribution in [0.4, 0.5) is 5.69 Å². The van der Waals surface area contributed by atoms with Crippen LogP contribution in [0.1, 0.15) is 24.1 Å². The van der Waals surface area contributed by atoms with E-state index in [2.05, 4.69) is 40.3 Å². The number of halogens is 1. The normalized spacial score (nSPS) is 12.1. The van der Waals surface area contributed by atoms with E-state index in [0.29, 0.717) is 0 Å². The third-order valence-electron chi connectivity index (χ3n) is 3.38. The first-order valence-electron chi connectivity index (χ1n) is 6.78. The number of nitro benzene ring substituents is 1. The van der Waals surface area contributed by atoms with Gasteiger partial charge in [-0.1, -0.05) is 40.2 Å². The van der Waals surface area contributed by atoms with Gasteiger partial charge in [-0.25, -0.2) is 0 Å². The Hall–Kier alpha value is -1.72. The molecule has 0 aliphatic carbocycles. The molecule has 0 saturated carbocycles. The second-order valence-electron chi connectivity index (χ2n) is 4.90. The van der Waals surface area contributed by atoms with Crippen LogP contribution in [0.2, 0.25) is 0 Å². The van der Waals surface area contributed by atoms with Crippen molar-refractivity contribution in [2.45, 2.75) is 19.4 Å². The smallest absolute Gasteiger partial charge is 0.269 e. The highest BCUT2D eigenvalue weighted by atomic mass is 79.9. The van der Waals surface area contributed by atoms with Crippen LogP contribution >= 0.6 is 15.9 Å². The molecule has 0 bridgehead atoms. The lowest BCUT2D eigenvalue weighted by Gasteiger charge is -2.14. The first-order valence-corrected chi connectivity index (χ1v) is 7.58. The second kappa shape index (κ2) is 7.33. The van der Waals surface area contributed by atoms with E-state index >= 15 is 0 Å². The molecule has 2 rings (SSSR count). The molecule has 110 valence electrons. The molecule has 0 fully saturated rings. The van der Waals surface area contributed by atoms with Crippen molar-refractivity contribution in [3.63, 3.8) is 0 Å². The number of nitrogens with one attached hydrogen (secondary N) is 1. The maximum Gasteiger partial charge on any atom is 0.269 e. The zero-order valence-electron chi connectivity index (χ0n) is 11.8. The van der Waals surface area contributed by atoms with Gasteiger partial charge in [0.25, 0.3) is 5.69 Å². The van der Waals surface area contributed by atoms with E-state index < -0.39 is 0 Å². The maximum absolute atomic E-state index is 10.6. The van der Waals surface area contributed by atoms with E-state index in [-0.39, 0.29) is 16.7 Å². The fraction of sp³-hybridized carbons (Fsp3) is 0.250. The Morgan fingerprint density at radius 3 is 2.33 bits per heavy atom. The highest BCUT2D eigenvalue weighted by Crippen LogP contribution is 2.17. The van der Waals surface area contributed by atoms with Crippen molar-refractivity contribution >= 4 is 21.6 Å². The Labute approximate surface area is 132 Å². The summed E-state index contributed by atoms with van der Waals surface area (Å²) in [7, 11) is 0. The van der Waals surface area contributed by atoms with Gasteiger partial charge in [-0.2, -0.15) is 0 Å². The minimum absolute atomic E-state index is 0.134. The molecule has 0 aliphatic heterocycles. The molecule has 5 heteroatoms. The Morgan fingerprint density at radius 1 is 1.14 bits per heavy atom. The van der Waals surface area contributed by atoms with E-state index in [9.17, 15) is 10.1 Å². The zero-order chi connectivity index (χ0) is 15.2. The predicted octanol–water partition coefficient (Wildman–Crippen LogP) is 4.25. The molecule has 0 aliphatic rings. The van der Waals surface area contributed by atoms with Crippen molar-refractivity contribution < 1.29 is 4.92 Å². The average Bonchev–Trinajstić information content (AvgIpc) is 2.48. The van der Waals surface area contributed by atoms with Crippen molar-refractivity contribution in [1.29, 1.82) is 0 Å². The summed E-state index contributed by atoms with van der Waals surface area (Å²) < 4.78 is 1.07. The van der Waals surface area contributed by atoms with Gasteiger partial charge in [-0.05, 0) is 43.1 Å². The lowest BCUT2D eigenvalue weighted by atomic mass is 10.1. The van der Waals surface area contributed by atoms with Gasteiger partial charge in [0.05, 0.1) is 4.92 Å². The Kier molecular flexibility index (Phi) is 5.47. The third kappa shape index (κ3) is 4.65. The summed E-state index contributed by atoms with van der Waals surface area (Å²) in [6.45, 7) is 2.95. The Balaban J connectivity index is 1.83. The summed E-state index contributed by atoms with van der Waals surface area (Å²) in [5.41, 5.74) is 2.47. The van der Waals surface area contributed by atoms with Crippen LogP contribution in [-0.2, 0) is 6.42 Å². The Morgan fingerprint density at radius 2 is 1.76 bits per heavy atom. The van der Waals surface area contributed by atoms with Gasteiger partial charge < -0.3 is 5.32 Å². The SMILES string of the molecule is CC(NCCc1ccc([N+](=O)[O-])cc1)c1ccc(Br)cc1. The molecule has 0 heterocycles. The lowest BCUT2D eigenvalue weighted by Crippen LogP contribution is -2.21. The van der Waals surface area contributed by atoms with Crippen LogP contribution in [0.3, 0.4) is 0 Å². The van der Waals surface area contributed by atoms with Crippen LogP contribution in [0.25, 0.3) is 0 Å². The van der Waals surface area contributed by atoms with Gasteiger partial charge in [-0.15, -0.1) is 0 Å². The monoisotopic (exact) mass is 348 g/mol. The van der Waals surface area contributed by atoms with Gasteiger partial charge in [0.2, 0.25) is 0 Å². The summed E-state index contributed by atoms with van der Waals surface area (Å²) in [5, 5.41) is 14.0. The van der Waals surface area contributed by atoms with Crippen LogP contribution in [-0.4, -0.2) is 11.5 Å². The summed E-state index contributed by atoms with van der Waals surface area (Å²) in [6.07, 6.45) is 0.846. The predicted molar refractivity (Wildman–Crippen MR) is 87.4 cm³/mol. The number of benzene rings is 2. The number of nitrogens with zero attached hydrogens (tertiary/aromatic N) is 1. The van der Waals surface area contributed by atoms with Crippen LogP contribution < -0.4 is 5.32 Å². The first-order chi connectivity index (χ1) is 10.1. The Bertz CT molecular complexity index is 597. The molecule has 0 amide bonds. The number of hydrogen-bond donors (Lipinski definition) is 1. The lowest BCUT2D eigenvalue weighted by molar-refractivity contribution is -0.384. The van der Waals surface area contributed by atoms with Gasteiger partial charge in [-0.3, -0.25) is 10.1 Å². The molecule has 1 atom stereocenters. The van der Waals surface area contributed by atoms with Gasteiger partial charge in [0, 0.05) is 22.6 Å². The summed E-state index contributed by atoms with van der Waals surface area (Å²) in [4.78, 5) is 10.2. The van der Waals surface area contributed by atoms with Crippen LogP contribution in [0.15, 0.2) is 53.0 Å². The van der Waals surface area contributed by atoms with Gasteiger partial charge in [0.15, 0.2) is 0 Å². The zero-order valence-corrected chi connectivity index (χ0v) is 13.3. The fourth-order valence-electron chi connectivity index (χ4n) is 2.09. The number of nitro groups is 1. The fourth-order valence-corrected chi connectivity index (χ4v) is 2.35. The van der Waals surface area contributed by atoms with Crippen molar-refractivity contribution in [3.8, 4) is 0 Å². The summed E-state index contributed by atoms with van der Waals surface area (Å²) >= 11 is 3.43. The van der Waals surface area contributed by atoms with Crippen molar-refractivity contribution in [1.82, 2.24) is 5.32 Å². The van der Waals surface area contributed by atoms with Gasteiger partial charge >= 0.3 is 0 Å². The molecule has 4 nitrogen and oxygen atoms in total. The van der Waals surface area contributed by atoms with E-state index in [0.717, 1.165) is 23.0 Å². The summed E-state index contributed by atoms with van der Waals surface area (Å²) in [6, 6.07) is 15.2. The number of hydrogen-bond acceptors (Lipinski definition) is 3. The minimum atomic E-state index is -0.377. The molecule has 2 aromatic carbocycles. The van der Waals surface area contributed by atoms with Crippen molar-refractivity contribution in [2.75, 3.05) is 6.54 Å². The van der Waals surface area contributed by atoms with Crippen molar-refractivity contribution in [2.24, 2.45) is 0 Å². The molecule has 1 unspecified atom stereocenters. The first kappa shape index (κ1) is 15.7. The highest BCUT2D eigenvalue weighted by molar-refractivity contribution is 9.10. The molecule has 0 aromatic heterocycles. The number of rotatable bonds is 6. The third-order valence-corrected chi connectivity index (χ3v) is 3.91. The molecule has 1 N–H and O–H groups in total. The van der Waals surface area contributed by atoms with Crippen LogP contribution in [0, 0.1) is 10.1 Å². The van der Waals surface area contributed by atoms with E-state index in [1.54, 1.807) is 12.1 Å². The highest BCUT2D eigenvalue weighted by Gasteiger charge is 2.06. The topological polar surface area (TPSA) is 55.2 Å². The van der Waals surface area contributed by atoms with E-state index in [4.69, 9.17) is 0 Å².